The SMILES string of the molecule is COc1nc(-c2ccc(C#N)cc2)c(-c2ccc3c(c2)NC(C(F)F)N3C)c2nccn12. The van der Waals surface area contributed by atoms with Crippen molar-refractivity contribution in [1.82, 2.24) is 14.4 Å². The van der Waals surface area contributed by atoms with E-state index in [0.29, 0.717) is 34.3 Å². The highest BCUT2D eigenvalue weighted by Gasteiger charge is 2.33. The number of imidazole rings is 1. The van der Waals surface area contributed by atoms with Gasteiger partial charge in [0.25, 0.3) is 6.43 Å². The summed E-state index contributed by atoms with van der Waals surface area (Å²) in [5.74, 6) is 0. The van der Waals surface area contributed by atoms with Crippen LogP contribution in [-0.2, 0) is 0 Å². The minimum atomic E-state index is -2.54. The summed E-state index contributed by atoms with van der Waals surface area (Å²) >= 11 is 0. The molecule has 0 spiro atoms. The van der Waals surface area contributed by atoms with E-state index < -0.39 is 12.6 Å². The molecule has 0 amide bonds. The molecule has 2 aromatic carbocycles. The van der Waals surface area contributed by atoms with E-state index in [0.717, 1.165) is 16.7 Å². The summed E-state index contributed by atoms with van der Waals surface area (Å²) in [6.45, 7) is 0. The van der Waals surface area contributed by atoms with Crippen LogP contribution in [0.15, 0.2) is 54.9 Å². The Morgan fingerprint density at radius 2 is 1.91 bits per heavy atom. The van der Waals surface area contributed by atoms with Gasteiger partial charge in [-0.25, -0.2) is 13.8 Å². The highest BCUT2D eigenvalue weighted by Crippen LogP contribution is 2.42. The van der Waals surface area contributed by atoms with Crippen molar-refractivity contribution in [3.05, 3.63) is 60.4 Å². The van der Waals surface area contributed by atoms with Crippen LogP contribution in [0.4, 0.5) is 20.2 Å². The van der Waals surface area contributed by atoms with Gasteiger partial charge in [0.15, 0.2) is 11.8 Å². The Labute approximate surface area is 182 Å². The molecule has 32 heavy (non-hydrogen) atoms. The normalized spacial score (nSPS) is 15.0. The summed E-state index contributed by atoms with van der Waals surface area (Å²) in [4.78, 5) is 10.8. The summed E-state index contributed by atoms with van der Waals surface area (Å²) in [6, 6.07) is 15.0. The van der Waals surface area contributed by atoms with E-state index in [2.05, 4.69) is 16.4 Å². The first-order valence-electron chi connectivity index (χ1n) is 9.85. The summed E-state index contributed by atoms with van der Waals surface area (Å²) in [5.41, 5.74) is 5.35. The topological polar surface area (TPSA) is 78.5 Å². The molecule has 1 N–H and O–H groups in total. The largest absolute Gasteiger partial charge is 0.468 e. The zero-order chi connectivity index (χ0) is 22.4. The molecule has 3 heterocycles. The first-order valence-corrected chi connectivity index (χ1v) is 9.85. The molecule has 1 unspecified atom stereocenters. The standard InChI is InChI=1S/C23H18F2N6O/c1-30-17-8-7-15(11-16(17)28-22(30)20(24)25)18-19(14-5-3-13(12-26)4-6-14)29-23(32-2)31-10-9-27-21(18)31/h3-11,20,22,28H,1-2H3. The number of rotatable bonds is 4. The van der Waals surface area contributed by atoms with Crippen molar-refractivity contribution in [2.75, 3.05) is 24.4 Å². The van der Waals surface area contributed by atoms with Crippen molar-refractivity contribution in [2.24, 2.45) is 0 Å². The third kappa shape index (κ3) is 3.00. The molecule has 0 bridgehead atoms. The first kappa shape index (κ1) is 19.8. The average molecular weight is 432 g/mol. The maximum atomic E-state index is 13.4. The quantitative estimate of drug-likeness (QED) is 0.515. The first-order chi connectivity index (χ1) is 15.5. The second-order valence-electron chi connectivity index (χ2n) is 7.40. The second kappa shape index (κ2) is 7.50. The molecule has 9 heteroatoms. The van der Waals surface area contributed by atoms with E-state index in [4.69, 9.17) is 15.0 Å². The zero-order valence-electron chi connectivity index (χ0n) is 17.3. The Kier molecular flexibility index (Phi) is 4.63. The van der Waals surface area contributed by atoms with Gasteiger partial charge in [-0.1, -0.05) is 18.2 Å². The summed E-state index contributed by atoms with van der Waals surface area (Å²) < 4.78 is 34.0. The number of hydrogen-bond acceptors (Lipinski definition) is 6. The number of nitriles is 1. The fourth-order valence-corrected chi connectivity index (χ4v) is 4.03. The highest BCUT2D eigenvalue weighted by molar-refractivity contribution is 5.93. The van der Waals surface area contributed by atoms with E-state index >= 15 is 0 Å². The molecule has 7 nitrogen and oxygen atoms in total. The number of ether oxygens (including phenoxy) is 1. The predicted octanol–water partition coefficient (Wildman–Crippen LogP) is 4.40. The van der Waals surface area contributed by atoms with Crippen LogP contribution in [0.25, 0.3) is 28.0 Å². The van der Waals surface area contributed by atoms with E-state index in [1.165, 1.54) is 12.0 Å². The minimum Gasteiger partial charge on any atom is -0.468 e. The molecule has 1 aliphatic rings. The van der Waals surface area contributed by atoms with Gasteiger partial charge in [-0.2, -0.15) is 10.2 Å². The number of methoxy groups -OCH3 is 1. The maximum absolute atomic E-state index is 13.4. The number of halogens is 2. The number of aromatic nitrogens is 3. The number of alkyl halides is 2. The monoisotopic (exact) mass is 432 g/mol. The second-order valence-corrected chi connectivity index (χ2v) is 7.40. The Hall–Kier alpha value is -4.19. The Morgan fingerprint density at radius 1 is 1.16 bits per heavy atom. The predicted molar refractivity (Wildman–Crippen MR) is 117 cm³/mol. The molecule has 1 atom stereocenters. The average Bonchev–Trinajstić information content (AvgIpc) is 3.43. The Morgan fingerprint density at radius 3 is 2.59 bits per heavy atom. The van der Waals surface area contributed by atoms with Gasteiger partial charge >= 0.3 is 6.01 Å². The molecule has 0 radical (unpaired) electrons. The third-order valence-electron chi connectivity index (χ3n) is 5.61. The molecule has 2 aromatic heterocycles. The maximum Gasteiger partial charge on any atom is 0.302 e. The highest BCUT2D eigenvalue weighted by atomic mass is 19.3. The van der Waals surface area contributed by atoms with Crippen LogP contribution in [0.5, 0.6) is 6.01 Å². The number of nitrogens with one attached hydrogen (secondary N) is 1. The lowest BCUT2D eigenvalue weighted by Crippen LogP contribution is -2.38. The number of hydrogen-bond donors (Lipinski definition) is 1. The van der Waals surface area contributed by atoms with Crippen LogP contribution < -0.4 is 15.0 Å². The van der Waals surface area contributed by atoms with Crippen molar-refractivity contribution in [2.45, 2.75) is 12.6 Å². The lowest BCUT2D eigenvalue weighted by atomic mass is 9.98. The molecule has 0 fully saturated rings. The lowest BCUT2D eigenvalue weighted by molar-refractivity contribution is 0.126. The van der Waals surface area contributed by atoms with Gasteiger partial charge in [0, 0.05) is 25.0 Å². The number of benzene rings is 2. The molecular weight excluding hydrogens is 414 g/mol. The van der Waals surface area contributed by atoms with Crippen LogP contribution in [0.1, 0.15) is 5.56 Å². The number of anilines is 2. The molecule has 5 rings (SSSR count). The van der Waals surface area contributed by atoms with Crippen LogP contribution in [0.2, 0.25) is 0 Å². The lowest BCUT2D eigenvalue weighted by Gasteiger charge is -2.20. The molecule has 4 aromatic rings. The summed E-state index contributed by atoms with van der Waals surface area (Å²) in [7, 11) is 3.17. The smallest absolute Gasteiger partial charge is 0.302 e. The molecule has 1 aliphatic heterocycles. The van der Waals surface area contributed by atoms with Crippen molar-refractivity contribution >= 4 is 17.0 Å². The Bertz CT molecular complexity index is 1360. The number of fused-ring (bicyclic) bond motifs is 2. The fraction of sp³-hybridized carbons (Fsp3) is 0.174. The summed E-state index contributed by atoms with van der Waals surface area (Å²) in [5, 5.41) is 12.0. The molecule has 0 saturated heterocycles. The van der Waals surface area contributed by atoms with Gasteiger partial charge in [-0.05, 0) is 29.8 Å². The van der Waals surface area contributed by atoms with Crippen molar-refractivity contribution in [3.8, 4) is 34.5 Å². The van der Waals surface area contributed by atoms with E-state index in [1.807, 2.05) is 30.3 Å². The van der Waals surface area contributed by atoms with Gasteiger partial charge in [0.2, 0.25) is 0 Å². The minimum absolute atomic E-state index is 0.359. The fourth-order valence-electron chi connectivity index (χ4n) is 4.03. The third-order valence-corrected chi connectivity index (χ3v) is 5.61. The van der Waals surface area contributed by atoms with E-state index in [9.17, 15) is 8.78 Å². The van der Waals surface area contributed by atoms with Gasteiger partial charge in [-0.3, -0.25) is 4.40 Å². The van der Waals surface area contributed by atoms with Crippen molar-refractivity contribution in [1.29, 1.82) is 5.26 Å². The van der Waals surface area contributed by atoms with Gasteiger partial charge < -0.3 is 15.0 Å². The summed E-state index contributed by atoms with van der Waals surface area (Å²) in [6.07, 6.45) is -0.220. The van der Waals surface area contributed by atoms with Crippen LogP contribution in [-0.4, -0.2) is 41.1 Å². The van der Waals surface area contributed by atoms with Crippen molar-refractivity contribution in [3.63, 3.8) is 0 Å². The number of nitrogens with zero attached hydrogens (tertiary/aromatic N) is 5. The molecule has 0 saturated carbocycles. The van der Waals surface area contributed by atoms with E-state index in [-0.39, 0.29) is 0 Å². The van der Waals surface area contributed by atoms with Gasteiger partial charge in [0.1, 0.15) is 0 Å². The van der Waals surface area contributed by atoms with Crippen LogP contribution in [0.3, 0.4) is 0 Å². The van der Waals surface area contributed by atoms with Crippen molar-refractivity contribution < 1.29 is 13.5 Å². The van der Waals surface area contributed by atoms with Gasteiger partial charge in [0.05, 0.1) is 41.4 Å². The van der Waals surface area contributed by atoms with Crippen LogP contribution in [0, 0.1) is 11.3 Å². The van der Waals surface area contributed by atoms with Gasteiger partial charge in [-0.15, -0.1) is 0 Å². The van der Waals surface area contributed by atoms with Crippen LogP contribution >= 0.6 is 0 Å². The Balaban J connectivity index is 1.73. The molecular formula is C23H18F2N6O. The zero-order valence-corrected chi connectivity index (χ0v) is 17.3. The van der Waals surface area contributed by atoms with E-state index in [1.54, 1.807) is 36.0 Å². The molecule has 160 valence electrons. The molecule has 0 aliphatic carbocycles.